The standard InChI is InChI=1S/C24H19ClN4O2S/c1-16-5-4-6-17(13-16)14-26-28-22(30)15-32-24-27-21-8-3-2-7-20(21)23(31)29(24)19-11-9-18(25)10-12-19/h2-14H,15H2,1H3,(H,28,30)/b26-14+. The highest BCUT2D eigenvalue weighted by atomic mass is 35.5. The molecule has 6 nitrogen and oxygen atoms in total. The zero-order valence-corrected chi connectivity index (χ0v) is 18.7. The highest BCUT2D eigenvalue weighted by Gasteiger charge is 2.14. The molecule has 0 aliphatic rings. The maximum atomic E-state index is 13.2. The summed E-state index contributed by atoms with van der Waals surface area (Å²) in [5, 5.41) is 5.49. The van der Waals surface area contributed by atoms with E-state index in [1.54, 1.807) is 48.7 Å². The van der Waals surface area contributed by atoms with Crippen LogP contribution in [0.3, 0.4) is 0 Å². The van der Waals surface area contributed by atoms with Crippen molar-refractivity contribution in [2.45, 2.75) is 12.1 Å². The summed E-state index contributed by atoms with van der Waals surface area (Å²) in [6, 6.07) is 21.8. The van der Waals surface area contributed by atoms with E-state index >= 15 is 0 Å². The van der Waals surface area contributed by atoms with Gasteiger partial charge in [0, 0.05) is 5.02 Å². The first-order chi connectivity index (χ1) is 15.5. The lowest BCUT2D eigenvalue weighted by Crippen LogP contribution is -2.24. The topological polar surface area (TPSA) is 76.3 Å². The summed E-state index contributed by atoms with van der Waals surface area (Å²) in [5.74, 6) is -0.257. The summed E-state index contributed by atoms with van der Waals surface area (Å²) in [7, 11) is 0. The molecule has 0 bridgehead atoms. The second-order valence-electron chi connectivity index (χ2n) is 7.02. The van der Waals surface area contributed by atoms with E-state index in [0.29, 0.717) is 26.8 Å². The van der Waals surface area contributed by atoms with Gasteiger partial charge in [0.2, 0.25) is 0 Å². The number of para-hydroxylation sites is 1. The van der Waals surface area contributed by atoms with Crippen LogP contribution in [0.1, 0.15) is 11.1 Å². The molecule has 160 valence electrons. The molecule has 8 heteroatoms. The molecular formula is C24H19ClN4O2S. The maximum absolute atomic E-state index is 13.2. The normalized spacial score (nSPS) is 11.2. The van der Waals surface area contributed by atoms with E-state index in [1.165, 1.54) is 4.57 Å². The van der Waals surface area contributed by atoms with Crippen molar-refractivity contribution < 1.29 is 4.79 Å². The van der Waals surface area contributed by atoms with E-state index in [9.17, 15) is 9.59 Å². The minimum Gasteiger partial charge on any atom is -0.272 e. The Labute approximate surface area is 194 Å². The Hall–Kier alpha value is -3.42. The van der Waals surface area contributed by atoms with Gasteiger partial charge in [-0.25, -0.2) is 10.4 Å². The average Bonchev–Trinajstić information content (AvgIpc) is 2.79. The van der Waals surface area contributed by atoms with E-state index in [2.05, 4.69) is 15.5 Å². The van der Waals surface area contributed by atoms with Crippen molar-refractivity contribution >= 4 is 46.4 Å². The first-order valence-corrected chi connectivity index (χ1v) is 11.2. The molecule has 4 rings (SSSR count). The number of hydrogen-bond donors (Lipinski definition) is 1. The summed E-state index contributed by atoms with van der Waals surface area (Å²) in [6.45, 7) is 1.99. The number of carbonyl (C=O) groups excluding carboxylic acids is 1. The molecule has 1 N–H and O–H groups in total. The lowest BCUT2D eigenvalue weighted by atomic mass is 10.2. The van der Waals surface area contributed by atoms with E-state index in [-0.39, 0.29) is 17.2 Å². The highest BCUT2D eigenvalue weighted by molar-refractivity contribution is 7.99. The minimum absolute atomic E-state index is 0.0452. The van der Waals surface area contributed by atoms with Crippen molar-refractivity contribution in [1.82, 2.24) is 15.0 Å². The fraction of sp³-hybridized carbons (Fsp3) is 0.0833. The SMILES string of the molecule is Cc1cccc(/C=N/NC(=O)CSc2nc3ccccc3c(=O)n2-c2ccc(Cl)cc2)c1. The number of nitrogens with one attached hydrogen (secondary N) is 1. The van der Waals surface area contributed by atoms with Crippen molar-refractivity contribution in [2.24, 2.45) is 5.10 Å². The molecule has 0 saturated carbocycles. The lowest BCUT2D eigenvalue weighted by Gasteiger charge is -2.13. The fourth-order valence-corrected chi connectivity index (χ4v) is 4.05. The Kier molecular flexibility index (Phi) is 6.68. The summed E-state index contributed by atoms with van der Waals surface area (Å²) >= 11 is 7.17. The Bertz CT molecular complexity index is 1370. The van der Waals surface area contributed by atoms with Crippen molar-refractivity contribution in [2.75, 3.05) is 5.75 Å². The number of aryl methyl sites for hydroxylation is 1. The first-order valence-electron chi connectivity index (χ1n) is 9.80. The second-order valence-corrected chi connectivity index (χ2v) is 8.40. The predicted octanol–water partition coefficient (Wildman–Crippen LogP) is 4.59. The quantitative estimate of drug-likeness (QED) is 0.197. The molecule has 0 unspecified atom stereocenters. The number of nitrogens with zero attached hydrogens (tertiary/aromatic N) is 3. The molecule has 0 fully saturated rings. The van der Waals surface area contributed by atoms with Crippen LogP contribution >= 0.6 is 23.4 Å². The number of benzene rings is 3. The smallest absolute Gasteiger partial charge is 0.266 e. The van der Waals surface area contributed by atoms with Gasteiger partial charge in [-0.05, 0) is 48.9 Å². The number of hydrogen-bond acceptors (Lipinski definition) is 5. The van der Waals surface area contributed by atoms with E-state index in [1.807, 2.05) is 37.3 Å². The van der Waals surface area contributed by atoms with Crippen molar-refractivity contribution in [3.05, 3.63) is 99.3 Å². The number of carbonyl (C=O) groups is 1. The van der Waals surface area contributed by atoms with Gasteiger partial charge in [0.05, 0.1) is 28.6 Å². The molecule has 0 atom stereocenters. The van der Waals surface area contributed by atoms with Gasteiger partial charge in [-0.3, -0.25) is 14.2 Å². The molecule has 1 amide bonds. The van der Waals surface area contributed by atoms with Gasteiger partial charge in [-0.2, -0.15) is 5.10 Å². The Morgan fingerprint density at radius 1 is 1.12 bits per heavy atom. The Balaban J connectivity index is 1.56. The third-order valence-electron chi connectivity index (χ3n) is 4.61. The second kappa shape index (κ2) is 9.80. The number of fused-ring (bicyclic) bond motifs is 1. The van der Waals surface area contributed by atoms with Crippen LogP contribution in [0.25, 0.3) is 16.6 Å². The van der Waals surface area contributed by atoms with Crippen LogP contribution in [0.2, 0.25) is 5.02 Å². The van der Waals surface area contributed by atoms with E-state index in [0.717, 1.165) is 22.9 Å². The molecule has 0 aliphatic carbocycles. The molecule has 32 heavy (non-hydrogen) atoms. The van der Waals surface area contributed by atoms with Gasteiger partial charge in [0.1, 0.15) is 0 Å². The number of amides is 1. The van der Waals surface area contributed by atoms with Crippen LogP contribution in [0.15, 0.2) is 87.8 Å². The summed E-state index contributed by atoms with van der Waals surface area (Å²) in [4.78, 5) is 30.1. The fourth-order valence-electron chi connectivity index (χ4n) is 3.12. The summed E-state index contributed by atoms with van der Waals surface area (Å²) in [5.41, 5.74) is 5.51. The third kappa shape index (κ3) is 5.07. The zero-order valence-electron chi connectivity index (χ0n) is 17.2. The monoisotopic (exact) mass is 462 g/mol. The third-order valence-corrected chi connectivity index (χ3v) is 5.80. The van der Waals surface area contributed by atoms with Gasteiger partial charge in [-0.1, -0.05) is 65.3 Å². The van der Waals surface area contributed by atoms with Crippen LogP contribution in [-0.4, -0.2) is 27.4 Å². The number of aromatic nitrogens is 2. The van der Waals surface area contributed by atoms with Crippen molar-refractivity contribution in [3.8, 4) is 5.69 Å². The maximum Gasteiger partial charge on any atom is 0.266 e. The van der Waals surface area contributed by atoms with Crippen LogP contribution in [0.4, 0.5) is 0 Å². The lowest BCUT2D eigenvalue weighted by molar-refractivity contribution is -0.118. The zero-order chi connectivity index (χ0) is 22.5. The van der Waals surface area contributed by atoms with Crippen LogP contribution < -0.4 is 11.0 Å². The van der Waals surface area contributed by atoms with Crippen LogP contribution in [0, 0.1) is 6.92 Å². The van der Waals surface area contributed by atoms with Crippen molar-refractivity contribution in [1.29, 1.82) is 0 Å². The molecule has 0 radical (unpaired) electrons. The Morgan fingerprint density at radius 3 is 2.69 bits per heavy atom. The first kappa shape index (κ1) is 21.8. The average molecular weight is 463 g/mol. The number of halogens is 1. The highest BCUT2D eigenvalue weighted by Crippen LogP contribution is 2.22. The van der Waals surface area contributed by atoms with Crippen LogP contribution in [0.5, 0.6) is 0 Å². The molecule has 1 heterocycles. The molecule has 0 aliphatic heterocycles. The van der Waals surface area contributed by atoms with Crippen LogP contribution in [-0.2, 0) is 4.79 Å². The largest absolute Gasteiger partial charge is 0.272 e. The van der Waals surface area contributed by atoms with E-state index < -0.39 is 0 Å². The van der Waals surface area contributed by atoms with Crippen molar-refractivity contribution in [3.63, 3.8) is 0 Å². The number of hydrazone groups is 1. The number of thioether (sulfide) groups is 1. The predicted molar refractivity (Wildman–Crippen MR) is 130 cm³/mol. The van der Waals surface area contributed by atoms with Gasteiger partial charge in [-0.15, -0.1) is 0 Å². The Morgan fingerprint density at radius 2 is 1.91 bits per heavy atom. The van der Waals surface area contributed by atoms with Gasteiger partial charge < -0.3 is 0 Å². The molecule has 0 saturated heterocycles. The van der Waals surface area contributed by atoms with Gasteiger partial charge in [0.25, 0.3) is 11.5 Å². The summed E-state index contributed by atoms with van der Waals surface area (Å²) < 4.78 is 1.49. The molecular weight excluding hydrogens is 444 g/mol. The molecule has 1 aromatic heterocycles. The summed E-state index contributed by atoms with van der Waals surface area (Å²) in [6.07, 6.45) is 1.59. The van der Waals surface area contributed by atoms with Gasteiger partial charge >= 0.3 is 0 Å². The molecule has 3 aromatic carbocycles. The molecule has 4 aromatic rings. The van der Waals surface area contributed by atoms with Gasteiger partial charge in [0.15, 0.2) is 5.16 Å². The number of rotatable bonds is 6. The molecule has 0 spiro atoms. The van der Waals surface area contributed by atoms with E-state index in [4.69, 9.17) is 11.6 Å². The minimum atomic E-state index is -0.302.